The number of rotatable bonds is 0. The first-order valence-corrected chi connectivity index (χ1v) is 5.48. The highest BCUT2D eigenvalue weighted by molar-refractivity contribution is 6.04. The average Bonchev–Trinajstić information content (AvgIpc) is 2.29. The van der Waals surface area contributed by atoms with Gasteiger partial charge in [0.1, 0.15) is 0 Å². The zero-order valence-corrected chi connectivity index (χ0v) is 8.80. The van der Waals surface area contributed by atoms with Crippen molar-refractivity contribution in [1.29, 1.82) is 0 Å². The number of anilines is 2. The Kier molecular flexibility index (Phi) is 1.96. The van der Waals surface area contributed by atoms with E-state index in [1.165, 1.54) is 0 Å². The molecule has 0 fully saturated rings. The second-order valence-corrected chi connectivity index (χ2v) is 4.23. The molecule has 1 aromatic carbocycles. The minimum atomic E-state index is 0.0284. The molecule has 0 radical (unpaired) electrons. The smallest absolute Gasteiger partial charge is 0.224 e. The first-order valence-electron chi connectivity index (χ1n) is 5.48. The molecule has 2 N–H and O–H groups in total. The molecule has 2 heterocycles. The highest BCUT2D eigenvalue weighted by Gasteiger charge is 2.23. The van der Waals surface area contributed by atoms with Crippen molar-refractivity contribution in [2.75, 3.05) is 10.6 Å². The van der Waals surface area contributed by atoms with Crippen molar-refractivity contribution in [3.05, 3.63) is 23.3 Å². The molecule has 2 aliphatic rings. The topological polar surface area (TPSA) is 58.2 Å². The minimum Gasteiger partial charge on any atom is -0.324 e. The van der Waals surface area contributed by atoms with E-state index in [9.17, 15) is 9.59 Å². The first kappa shape index (κ1) is 9.39. The van der Waals surface area contributed by atoms with E-state index >= 15 is 0 Å². The number of aryl methyl sites for hydroxylation is 2. The van der Waals surface area contributed by atoms with Gasteiger partial charge in [0.25, 0.3) is 0 Å². The van der Waals surface area contributed by atoms with E-state index in [2.05, 4.69) is 10.6 Å². The van der Waals surface area contributed by atoms with Gasteiger partial charge in [0.15, 0.2) is 0 Å². The summed E-state index contributed by atoms with van der Waals surface area (Å²) in [6, 6.07) is 4.09. The van der Waals surface area contributed by atoms with Gasteiger partial charge in [-0.1, -0.05) is 12.1 Å². The average molecular weight is 216 g/mol. The number of carbonyl (C=O) groups excluding carboxylic acids is 2. The quantitative estimate of drug-likeness (QED) is 0.689. The highest BCUT2D eigenvalue weighted by Crippen LogP contribution is 2.36. The van der Waals surface area contributed by atoms with Crippen LogP contribution in [0, 0.1) is 0 Å². The van der Waals surface area contributed by atoms with E-state index in [4.69, 9.17) is 0 Å². The molecule has 2 aliphatic heterocycles. The molecule has 1 aromatic rings. The fourth-order valence-electron chi connectivity index (χ4n) is 2.29. The third kappa shape index (κ3) is 1.38. The van der Waals surface area contributed by atoms with E-state index in [0.29, 0.717) is 12.8 Å². The normalized spacial score (nSPS) is 18.2. The summed E-state index contributed by atoms with van der Waals surface area (Å²) >= 11 is 0. The van der Waals surface area contributed by atoms with Gasteiger partial charge in [0.05, 0.1) is 11.4 Å². The number of fused-ring (bicyclic) bond motifs is 3. The van der Waals surface area contributed by atoms with Crippen molar-refractivity contribution in [2.24, 2.45) is 0 Å². The van der Waals surface area contributed by atoms with Crippen molar-refractivity contribution < 1.29 is 9.59 Å². The molecule has 4 heteroatoms. The lowest BCUT2D eigenvalue weighted by Crippen LogP contribution is -2.25. The van der Waals surface area contributed by atoms with E-state index in [0.717, 1.165) is 35.3 Å². The van der Waals surface area contributed by atoms with Crippen molar-refractivity contribution in [1.82, 2.24) is 0 Å². The molecular formula is C12H12N2O2. The van der Waals surface area contributed by atoms with Crippen LogP contribution in [0.3, 0.4) is 0 Å². The lowest BCUT2D eigenvalue weighted by atomic mass is 9.94. The van der Waals surface area contributed by atoms with Crippen LogP contribution in [0.4, 0.5) is 11.4 Å². The Morgan fingerprint density at radius 1 is 0.750 bits per heavy atom. The second-order valence-electron chi connectivity index (χ2n) is 4.23. The van der Waals surface area contributed by atoms with Gasteiger partial charge in [0, 0.05) is 12.8 Å². The Bertz CT molecular complexity index is 449. The number of carbonyl (C=O) groups is 2. The van der Waals surface area contributed by atoms with Crippen molar-refractivity contribution in [3.8, 4) is 0 Å². The third-order valence-electron chi connectivity index (χ3n) is 3.15. The van der Waals surface area contributed by atoms with Crippen molar-refractivity contribution in [2.45, 2.75) is 25.7 Å². The van der Waals surface area contributed by atoms with Crippen LogP contribution in [-0.2, 0) is 22.4 Å². The van der Waals surface area contributed by atoms with Crippen LogP contribution in [0.2, 0.25) is 0 Å². The molecule has 0 unspecified atom stereocenters. The maximum absolute atomic E-state index is 11.4. The molecule has 0 bridgehead atoms. The summed E-state index contributed by atoms with van der Waals surface area (Å²) in [4.78, 5) is 22.7. The van der Waals surface area contributed by atoms with Gasteiger partial charge in [-0.2, -0.15) is 0 Å². The van der Waals surface area contributed by atoms with E-state index in [1.54, 1.807) is 0 Å². The van der Waals surface area contributed by atoms with Gasteiger partial charge < -0.3 is 10.6 Å². The summed E-state index contributed by atoms with van der Waals surface area (Å²) in [7, 11) is 0. The number of benzene rings is 1. The van der Waals surface area contributed by atoms with Crippen LogP contribution < -0.4 is 10.6 Å². The lowest BCUT2D eigenvalue weighted by Gasteiger charge is -2.25. The minimum absolute atomic E-state index is 0.0284. The largest absolute Gasteiger partial charge is 0.324 e. The van der Waals surface area contributed by atoms with Gasteiger partial charge in [-0.3, -0.25) is 9.59 Å². The molecule has 82 valence electrons. The van der Waals surface area contributed by atoms with Crippen LogP contribution in [-0.4, -0.2) is 11.8 Å². The highest BCUT2D eigenvalue weighted by atomic mass is 16.2. The Hall–Kier alpha value is -1.84. The molecule has 16 heavy (non-hydrogen) atoms. The maximum Gasteiger partial charge on any atom is 0.224 e. The van der Waals surface area contributed by atoms with E-state index < -0.39 is 0 Å². The fraction of sp³-hybridized carbons (Fsp3) is 0.333. The van der Waals surface area contributed by atoms with Gasteiger partial charge >= 0.3 is 0 Å². The summed E-state index contributed by atoms with van der Waals surface area (Å²) in [6.07, 6.45) is 2.56. The maximum atomic E-state index is 11.4. The van der Waals surface area contributed by atoms with Gasteiger partial charge in [-0.15, -0.1) is 0 Å². The number of hydrogen-bond donors (Lipinski definition) is 2. The zero-order valence-electron chi connectivity index (χ0n) is 8.80. The van der Waals surface area contributed by atoms with E-state index in [1.807, 2.05) is 12.1 Å². The number of amides is 2. The molecule has 0 saturated heterocycles. The molecule has 3 rings (SSSR count). The SMILES string of the molecule is O=C1CCc2ccc3c(c2N1)NC(=O)CC3. The molecule has 0 atom stereocenters. The molecule has 0 aliphatic carbocycles. The zero-order chi connectivity index (χ0) is 11.1. The Balaban J connectivity index is 2.13. The van der Waals surface area contributed by atoms with Crippen LogP contribution in [0.5, 0.6) is 0 Å². The summed E-state index contributed by atoms with van der Waals surface area (Å²) in [6.45, 7) is 0. The molecule has 2 amide bonds. The van der Waals surface area contributed by atoms with Crippen LogP contribution in [0.25, 0.3) is 0 Å². The number of hydrogen-bond acceptors (Lipinski definition) is 2. The van der Waals surface area contributed by atoms with E-state index in [-0.39, 0.29) is 11.8 Å². The van der Waals surface area contributed by atoms with Gasteiger partial charge in [-0.05, 0) is 24.0 Å². The molecular weight excluding hydrogens is 204 g/mol. The molecule has 0 saturated carbocycles. The summed E-state index contributed by atoms with van der Waals surface area (Å²) in [5, 5.41) is 5.71. The lowest BCUT2D eigenvalue weighted by molar-refractivity contribution is -0.117. The monoisotopic (exact) mass is 216 g/mol. The van der Waals surface area contributed by atoms with Gasteiger partial charge in [0.2, 0.25) is 11.8 Å². The Labute approximate surface area is 93.0 Å². The predicted octanol–water partition coefficient (Wildman–Crippen LogP) is 1.46. The van der Waals surface area contributed by atoms with Crippen LogP contribution in [0.1, 0.15) is 24.0 Å². The fourth-order valence-corrected chi connectivity index (χ4v) is 2.29. The summed E-state index contributed by atoms with van der Waals surface area (Å²) < 4.78 is 0. The molecule has 4 nitrogen and oxygen atoms in total. The van der Waals surface area contributed by atoms with Crippen LogP contribution in [0.15, 0.2) is 12.1 Å². The third-order valence-corrected chi connectivity index (χ3v) is 3.15. The first-order chi connectivity index (χ1) is 7.74. The van der Waals surface area contributed by atoms with Crippen molar-refractivity contribution in [3.63, 3.8) is 0 Å². The molecule has 0 aromatic heterocycles. The summed E-state index contributed by atoms with van der Waals surface area (Å²) in [5.74, 6) is 0.0569. The number of nitrogens with one attached hydrogen (secondary N) is 2. The Morgan fingerprint density at radius 2 is 1.19 bits per heavy atom. The van der Waals surface area contributed by atoms with Crippen molar-refractivity contribution >= 4 is 23.2 Å². The van der Waals surface area contributed by atoms with Gasteiger partial charge in [-0.25, -0.2) is 0 Å². The summed E-state index contributed by atoms with van der Waals surface area (Å²) in [5.41, 5.74) is 3.84. The second kappa shape index (κ2) is 3.33. The van der Waals surface area contributed by atoms with Crippen LogP contribution >= 0.6 is 0 Å². The predicted molar refractivity (Wildman–Crippen MR) is 60.3 cm³/mol. The Morgan fingerprint density at radius 3 is 1.62 bits per heavy atom. The standard InChI is InChI=1S/C12H12N2O2/c15-9-5-3-7-1-2-8-4-6-10(16)14-12(8)11(7)13-9/h1-2H,3-6H2,(H,13,15)(H,14,16). The molecule has 0 spiro atoms.